The number of carbonyl (C=O) groups excluding carboxylic acids is 2. The summed E-state index contributed by atoms with van der Waals surface area (Å²) < 4.78 is 2.02. The minimum Gasteiger partial charge on any atom is -0.350 e. The number of hydrogen-bond acceptors (Lipinski definition) is 2. The topological polar surface area (TPSA) is 66.4 Å². The Morgan fingerprint density at radius 1 is 1.26 bits per heavy atom. The van der Waals surface area contributed by atoms with Crippen molar-refractivity contribution in [1.29, 1.82) is 0 Å². The molecule has 2 N–H and O–H groups in total. The lowest BCUT2D eigenvalue weighted by Crippen LogP contribution is -2.40. The largest absolute Gasteiger partial charge is 0.350 e. The molecule has 0 unspecified atom stereocenters. The number of urea groups is 1. The van der Waals surface area contributed by atoms with Crippen molar-refractivity contribution in [3.63, 3.8) is 0 Å². The van der Waals surface area contributed by atoms with E-state index in [4.69, 9.17) is 0 Å². The van der Waals surface area contributed by atoms with Crippen LogP contribution >= 0.6 is 0 Å². The van der Waals surface area contributed by atoms with Gasteiger partial charge in [-0.3, -0.25) is 4.79 Å². The highest BCUT2D eigenvalue weighted by Crippen LogP contribution is 2.30. The van der Waals surface area contributed by atoms with Gasteiger partial charge in [0, 0.05) is 43.5 Å². The van der Waals surface area contributed by atoms with Crippen LogP contribution in [0.1, 0.15) is 19.3 Å². The molecule has 1 saturated heterocycles. The fraction of sp³-hybridized carbons (Fsp3) is 0.412. The van der Waals surface area contributed by atoms with Crippen molar-refractivity contribution in [2.45, 2.75) is 31.3 Å². The van der Waals surface area contributed by atoms with Crippen molar-refractivity contribution in [3.8, 4) is 0 Å². The van der Waals surface area contributed by atoms with Gasteiger partial charge in [-0.1, -0.05) is 6.07 Å². The molecule has 1 atom stereocenters. The van der Waals surface area contributed by atoms with Crippen molar-refractivity contribution in [1.82, 2.24) is 14.8 Å². The zero-order valence-electron chi connectivity index (χ0n) is 13.1. The smallest absolute Gasteiger partial charge is 0.319 e. The molecule has 1 aliphatic carbocycles. The Morgan fingerprint density at radius 3 is 2.87 bits per heavy atom. The summed E-state index contributed by atoms with van der Waals surface area (Å²) in [7, 11) is 1.97. The molecule has 6 heteroatoms. The zero-order valence-corrected chi connectivity index (χ0v) is 13.1. The molecule has 1 aromatic heterocycles. The molecule has 6 nitrogen and oxygen atoms in total. The lowest BCUT2D eigenvalue weighted by Gasteiger charge is -2.16. The minimum absolute atomic E-state index is 0.0955. The van der Waals surface area contributed by atoms with Crippen molar-refractivity contribution in [2.24, 2.45) is 7.05 Å². The Labute approximate surface area is 134 Å². The maximum atomic E-state index is 12.2. The first kappa shape index (κ1) is 14.1. The van der Waals surface area contributed by atoms with E-state index in [1.807, 2.05) is 47.0 Å². The van der Waals surface area contributed by atoms with Gasteiger partial charge in [0.05, 0.1) is 6.04 Å². The van der Waals surface area contributed by atoms with Gasteiger partial charge in [0.15, 0.2) is 0 Å². The Balaban J connectivity index is 1.39. The van der Waals surface area contributed by atoms with E-state index in [-0.39, 0.29) is 18.0 Å². The Morgan fingerprint density at radius 2 is 2.09 bits per heavy atom. The van der Waals surface area contributed by atoms with Gasteiger partial charge in [-0.25, -0.2) is 4.79 Å². The van der Waals surface area contributed by atoms with E-state index in [2.05, 4.69) is 10.6 Å². The average Bonchev–Trinajstić information content (AvgIpc) is 3.21. The third-order valence-corrected chi connectivity index (χ3v) is 4.63. The van der Waals surface area contributed by atoms with E-state index in [1.54, 1.807) is 0 Å². The zero-order chi connectivity index (χ0) is 16.0. The van der Waals surface area contributed by atoms with Gasteiger partial charge in [0.25, 0.3) is 0 Å². The number of aryl methyl sites for hydroxylation is 1. The molecule has 0 spiro atoms. The number of benzene rings is 1. The second-order valence-electron chi connectivity index (χ2n) is 6.48. The standard InChI is InChI=1S/C17H20N4O2/c1-20-7-6-11-2-3-12(8-15(11)20)18-17(23)19-13-9-16(22)21(10-13)14-4-5-14/h2-3,6-8,13-14H,4-5,9-10H2,1H3,(H2,18,19,23)/t13-/m0/s1. The maximum Gasteiger partial charge on any atom is 0.319 e. The summed E-state index contributed by atoms with van der Waals surface area (Å²) in [4.78, 5) is 26.0. The number of anilines is 1. The fourth-order valence-electron chi connectivity index (χ4n) is 3.26. The molecular weight excluding hydrogens is 292 g/mol. The van der Waals surface area contributed by atoms with Gasteiger partial charge in [-0.2, -0.15) is 0 Å². The number of carbonyl (C=O) groups is 2. The highest BCUT2D eigenvalue weighted by atomic mass is 16.2. The van der Waals surface area contributed by atoms with Gasteiger partial charge < -0.3 is 20.1 Å². The van der Waals surface area contributed by atoms with Crippen LogP contribution in [0.5, 0.6) is 0 Å². The molecule has 2 aliphatic rings. The molecule has 0 radical (unpaired) electrons. The van der Waals surface area contributed by atoms with E-state index in [1.165, 1.54) is 0 Å². The van der Waals surface area contributed by atoms with Crippen LogP contribution in [0.4, 0.5) is 10.5 Å². The predicted octanol–water partition coefficient (Wildman–Crippen LogP) is 2.06. The first-order valence-corrected chi connectivity index (χ1v) is 8.02. The average molecular weight is 312 g/mol. The molecule has 3 amide bonds. The molecule has 0 bridgehead atoms. The van der Waals surface area contributed by atoms with Crippen molar-refractivity contribution >= 4 is 28.5 Å². The monoisotopic (exact) mass is 312 g/mol. The highest BCUT2D eigenvalue weighted by molar-refractivity contribution is 5.93. The Kier molecular flexibility index (Phi) is 3.25. The number of aromatic nitrogens is 1. The maximum absolute atomic E-state index is 12.2. The van der Waals surface area contributed by atoms with Crippen molar-refractivity contribution < 1.29 is 9.59 Å². The Hall–Kier alpha value is -2.50. The molecule has 2 fully saturated rings. The summed E-state index contributed by atoms with van der Waals surface area (Å²) in [6, 6.07) is 7.92. The summed E-state index contributed by atoms with van der Waals surface area (Å²) >= 11 is 0. The van der Waals surface area contributed by atoms with Gasteiger partial charge in [-0.15, -0.1) is 0 Å². The normalized spacial score (nSPS) is 21.0. The Bertz CT molecular complexity index is 778. The summed E-state index contributed by atoms with van der Waals surface area (Å²) in [5.41, 5.74) is 1.82. The lowest BCUT2D eigenvalue weighted by molar-refractivity contribution is -0.128. The third-order valence-electron chi connectivity index (χ3n) is 4.63. The third kappa shape index (κ3) is 2.76. The van der Waals surface area contributed by atoms with Crippen LogP contribution in [0.2, 0.25) is 0 Å². The molecule has 2 heterocycles. The van der Waals surface area contributed by atoms with E-state index < -0.39 is 0 Å². The lowest BCUT2D eigenvalue weighted by atomic mass is 10.2. The first-order chi connectivity index (χ1) is 11.1. The number of hydrogen-bond donors (Lipinski definition) is 2. The SMILES string of the molecule is Cn1ccc2ccc(NC(=O)N[C@H]3CC(=O)N(C4CC4)C3)cc21. The van der Waals surface area contributed by atoms with E-state index >= 15 is 0 Å². The van der Waals surface area contributed by atoms with Crippen LogP contribution in [0.25, 0.3) is 10.9 Å². The second kappa shape index (κ2) is 5.30. The number of fused-ring (bicyclic) bond motifs is 1. The minimum atomic E-state index is -0.256. The molecule has 1 aliphatic heterocycles. The van der Waals surface area contributed by atoms with Crippen LogP contribution < -0.4 is 10.6 Å². The van der Waals surface area contributed by atoms with E-state index in [0.717, 1.165) is 29.4 Å². The van der Waals surface area contributed by atoms with Crippen molar-refractivity contribution in [2.75, 3.05) is 11.9 Å². The van der Waals surface area contributed by atoms with Crippen molar-refractivity contribution in [3.05, 3.63) is 30.5 Å². The summed E-state index contributed by atoms with van der Waals surface area (Å²) in [6.45, 7) is 0.633. The van der Waals surface area contributed by atoms with Crippen LogP contribution in [0, 0.1) is 0 Å². The highest BCUT2D eigenvalue weighted by Gasteiger charge is 2.39. The number of nitrogens with zero attached hydrogens (tertiary/aromatic N) is 2. The van der Waals surface area contributed by atoms with Crippen LogP contribution in [-0.4, -0.2) is 40.0 Å². The van der Waals surface area contributed by atoms with Crippen LogP contribution in [0.3, 0.4) is 0 Å². The predicted molar refractivity (Wildman–Crippen MR) is 88.2 cm³/mol. The van der Waals surface area contributed by atoms with Gasteiger partial charge in [0.1, 0.15) is 0 Å². The number of amides is 3. The van der Waals surface area contributed by atoms with E-state index in [0.29, 0.717) is 19.0 Å². The van der Waals surface area contributed by atoms with E-state index in [9.17, 15) is 9.59 Å². The van der Waals surface area contributed by atoms with Gasteiger partial charge in [-0.05, 0) is 36.4 Å². The van der Waals surface area contributed by atoms with Gasteiger partial charge in [0.2, 0.25) is 5.91 Å². The molecule has 4 rings (SSSR count). The molecular formula is C17H20N4O2. The molecule has 120 valence electrons. The first-order valence-electron chi connectivity index (χ1n) is 8.02. The second-order valence-corrected chi connectivity index (χ2v) is 6.48. The fourth-order valence-corrected chi connectivity index (χ4v) is 3.26. The van der Waals surface area contributed by atoms with Crippen LogP contribution in [0.15, 0.2) is 30.5 Å². The number of likely N-dealkylation sites (tertiary alicyclic amines) is 1. The molecule has 1 aromatic carbocycles. The molecule has 2 aromatic rings. The molecule has 1 saturated carbocycles. The molecule has 23 heavy (non-hydrogen) atoms. The summed E-state index contributed by atoms with van der Waals surface area (Å²) in [5.74, 6) is 0.156. The van der Waals surface area contributed by atoms with Crippen LogP contribution in [-0.2, 0) is 11.8 Å². The summed E-state index contributed by atoms with van der Waals surface area (Å²) in [5, 5.41) is 6.91. The summed E-state index contributed by atoms with van der Waals surface area (Å²) in [6.07, 6.45) is 4.59. The van der Waals surface area contributed by atoms with Gasteiger partial charge >= 0.3 is 6.03 Å². The quantitative estimate of drug-likeness (QED) is 0.911. The number of nitrogens with one attached hydrogen (secondary N) is 2. The number of rotatable bonds is 3.